The van der Waals surface area contributed by atoms with Gasteiger partial charge in [0, 0.05) is 17.6 Å². The highest BCUT2D eigenvalue weighted by molar-refractivity contribution is 6.30. The van der Waals surface area contributed by atoms with Crippen molar-refractivity contribution >= 4 is 23.3 Å². The number of nitrogens with zero attached hydrogens (tertiary/aromatic N) is 3. The van der Waals surface area contributed by atoms with Crippen molar-refractivity contribution in [2.75, 3.05) is 5.32 Å². The fourth-order valence-electron chi connectivity index (χ4n) is 2.34. The van der Waals surface area contributed by atoms with E-state index in [2.05, 4.69) is 15.4 Å². The second-order valence-corrected chi connectivity index (χ2v) is 5.97. The van der Waals surface area contributed by atoms with Crippen LogP contribution in [0.4, 0.5) is 23.4 Å². The summed E-state index contributed by atoms with van der Waals surface area (Å²) in [4.78, 5) is 15.7. The molecule has 1 N–H and O–H groups in total. The van der Waals surface area contributed by atoms with E-state index in [4.69, 9.17) is 11.6 Å². The van der Waals surface area contributed by atoms with E-state index in [-0.39, 0.29) is 22.6 Å². The Morgan fingerprint density at radius 3 is 2.37 bits per heavy atom. The van der Waals surface area contributed by atoms with E-state index in [1.54, 1.807) is 0 Å². The van der Waals surface area contributed by atoms with Gasteiger partial charge in [-0.15, -0.1) is 0 Å². The predicted molar refractivity (Wildman–Crippen MR) is 90.8 cm³/mol. The molecule has 1 amide bonds. The maximum atomic E-state index is 14.3. The van der Waals surface area contributed by atoms with Crippen LogP contribution >= 0.6 is 11.6 Å². The van der Waals surface area contributed by atoms with E-state index in [0.29, 0.717) is 5.02 Å². The molecule has 10 heteroatoms. The average Bonchev–Trinajstić information content (AvgIpc) is 2.97. The summed E-state index contributed by atoms with van der Waals surface area (Å²) in [5, 5.41) is 6.19. The Hall–Kier alpha value is -2.94. The Labute approximate surface area is 155 Å². The Balaban J connectivity index is 1.85. The Morgan fingerprint density at radius 1 is 1.15 bits per heavy atom. The van der Waals surface area contributed by atoms with Crippen molar-refractivity contribution in [1.29, 1.82) is 0 Å². The van der Waals surface area contributed by atoms with Crippen molar-refractivity contribution in [2.24, 2.45) is 7.05 Å². The van der Waals surface area contributed by atoms with Gasteiger partial charge in [0.1, 0.15) is 5.82 Å². The van der Waals surface area contributed by atoms with Crippen LogP contribution in [0.25, 0.3) is 11.3 Å². The first-order valence-corrected chi connectivity index (χ1v) is 7.88. The van der Waals surface area contributed by atoms with Gasteiger partial charge in [-0.25, -0.2) is 4.98 Å². The largest absolute Gasteiger partial charge is 0.435 e. The van der Waals surface area contributed by atoms with Crippen LogP contribution in [0.15, 0.2) is 42.5 Å². The van der Waals surface area contributed by atoms with Crippen LogP contribution in [0.2, 0.25) is 5.02 Å². The molecule has 0 fully saturated rings. The van der Waals surface area contributed by atoms with Crippen LogP contribution in [0.5, 0.6) is 0 Å². The fraction of sp³-hybridized carbons (Fsp3) is 0.118. The number of carbonyl (C=O) groups is 1. The summed E-state index contributed by atoms with van der Waals surface area (Å²) in [5.41, 5.74) is -1.13. The van der Waals surface area contributed by atoms with E-state index in [1.165, 1.54) is 43.4 Å². The van der Waals surface area contributed by atoms with Gasteiger partial charge in [0.15, 0.2) is 5.69 Å². The Morgan fingerprint density at radius 2 is 1.81 bits per heavy atom. The lowest BCUT2D eigenvalue weighted by atomic mass is 10.2. The monoisotopic (exact) mass is 398 g/mol. The van der Waals surface area contributed by atoms with E-state index in [9.17, 15) is 22.4 Å². The van der Waals surface area contributed by atoms with Crippen LogP contribution in [0.1, 0.15) is 16.1 Å². The number of pyridine rings is 1. The van der Waals surface area contributed by atoms with Gasteiger partial charge >= 0.3 is 6.18 Å². The van der Waals surface area contributed by atoms with Crippen molar-refractivity contribution in [3.8, 4) is 11.3 Å². The third-order valence-corrected chi connectivity index (χ3v) is 3.89. The van der Waals surface area contributed by atoms with Gasteiger partial charge in [0.25, 0.3) is 5.91 Å². The van der Waals surface area contributed by atoms with Crippen LogP contribution < -0.4 is 5.32 Å². The standard InChI is InChI=1S/C17H11ClF4N4O/c1-26-12(8-13(25-26)17(20,21)22)11-6-7-14(23-15(11)19)24-16(27)9-2-4-10(18)5-3-9/h2-8H,1H3,(H,23,24,27). The van der Waals surface area contributed by atoms with E-state index >= 15 is 0 Å². The summed E-state index contributed by atoms with van der Waals surface area (Å²) in [6.07, 6.45) is -4.65. The Kier molecular flexibility index (Phi) is 4.88. The van der Waals surface area contributed by atoms with Crippen LogP contribution in [0.3, 0.4) is 0 Å². The smallest absolute Gasteiger partial charge is 0.306 e. The summed E-state index contributed by atoms with van der Waals surface area (Å²) in [6.45, 7) is 0. The summed E-state index contributed by atoms with van der Waals surface area (Å²) in [6, 6.07) is 9.24. The molecule has 0 aliphatic carbocycles. The lowest BCUT2D eigenvalue weighted by Gasteiger charge is -2.07. The zero-order chi connectivity index (χ0) is 19.8. The van der Waals surface area contributed by atoms with Gasteiger partial charge in [-0.2, -0.15) is 22.7 Å². The summed E-state index contributed by atoms with van der Waals surface area (Å²) >= 11 is 5.74. The number of hydrogen-bond donors (Lipinski definition) is 1. The maximum Gasteiger partial charge on any atom is 0.435 e. The molecule has 3 aromatic rings. The lowest BCUT2D eigenvalue weighted by Crippen LogP contribution is -2.13. The van der Waals surface area contributed by atoms with Crippen LogP contribution in [-0.2, 0) is 13.2 Å². The summed E-state index contributed by atoms with van der Waals surface area (Å²) in [7, 11) is 1.26. The van der Waals surface area contributed by atoms with Crippen molar-refractivity contribution in [1.82, 2.24) is 14.8 Å². The third kappa shape index (κ3) is 4.08. The maximum absolute atomic E-state index is 14.3. The topological polar surface area (TPSA) is 59.8 Å². The molecule has 2 heterocycles. The van der Waals surface area contributed by atoms with Gasteiger partial charge in [0.2, 0.25) is 5.95 Å². The molecular formula is C17H11ClF4N4O. The lowest BCUT2D eigenvalue weighted by molar-refractivity contribution is -0.141. The van der Waals surface area contributed by atoms with E-state index in [0.717, 1.165) is 10.7 Å². The number of rotatable bonds is 3. The molecule has 0 aliphatic heterocycles. The molecule has 0 bridgehead atoms. The minimum Gasteiger partial charge on any atom is -0.306 e. The number of carbonyl (C=O) groups excluding carboxylic acids is 1. The SMILES string of the molecule is Cn1nc(C(F)(F)F)cc1-c1ccc(NC(=O)c2ccc(Cl)cc2)nc1F. The molecule has 0 saturated heterocycles. The van der Waals surface area contributed by atoms with Gasteiger partial charge in [-0.3, -0.25) is 9.48 Å². The highest BCUT2D eigenvalue weighted by Crippen LogP contribution is 2.32. The third-order valence-electron chi connectivity index (χ3n) is 3.64. The van der Waals surface area contributed by atoms with E-state index in [1.807, 2.05) is 0 Å². The Bertz CT molecular complexity index is 999. The quantitative estimate of drug-likeness (QED) is 0.520. The fourth-order valence-corrected chi connectivity index (χ4v) is 2.47. The number of hydrogen-bond acceptors (Lipinski definition) is 3. The number of aryl methyl sites for hydroxylation is 1. The van der Waals surface area contributed by atoms with Gasteiger partial charge in [-0.05, 0) is 42.5 Å². The summed E-state index contributed by atoms with van der Waals surface area (Å²) < 4.78 is 53.5. The molecule has 0 spiro atoms. The van der Waals surface area contributed by atoms with Gasteiger partial charge < -0.3 is 5.32 Å². The van der Waals surface area contributed by atoms with Crippen LogP contribution in [0, 0.1) is 5.95 Å². The highest BCUT2D eigenvalue weighted by atomic mass is 35.5. The number of anilines is 1. The molecule has 140 valence electrons. The normalized spacial score (nSPS) is 11.5. The van der Waals surface area contributed by atoms with Crippen molar-refractivity contribution in [2.45, 2.75) is 6.18 Å². The molecule has 0 unspecified atom stereocenters. The first-order chi connectivity index (χ1) is 12.6. The molecule has 5 nitrogen and oxygen atoms in total. The number of halogens is 5. The molecule has 3 rings (SSSR count). The minimum absolute atomic E-state index is 0.0885. The number of alkyl halides is 3. The van der Waals surface area contributed by atoms with E-state index < -0.39 is 23.7 Å². The van der Waals surface area contributed by atoms with Gasteiger partial charge in [0.05, 0.1) is 11.3 Å². The number of nitrogens with one attached hydrogen (secondary N) is 1. The molecule has 0 saturated carbocycles. The average molecular weight is 399 g/mol. The second-order valence-electron chi connectivity index (χ2n) is 5.53. The molecule has 27 heavy (non-hydrogen) atoms. The minimum atomic E-state index is -4.65. The zero-order valence-corrected chi connectivity index (χ0v) is 14.4. The van der Waals surface area contributed by atoms with Gasteiger partial charge in [-0.1, -0.05) is 11.6 Å². The number of benzene rings is 1. The van der Waals surface area contributed by atoms with Crippen molar-refractivity contribution in [3.63, 3.8) is 0 Å². The van der Waals surface area contributed by atoms with Crippen LogP contribution in [-0.4, -0.2) is 20.7 Å². The number of amides is 1. The molecule has 0 aliphatic rings. The number of aromatic nitrogens is 3. The molecule has 2 aromatic heterocycles. The first kappa shape index (κ1) is 18.8. The summed E-state index contributed by atoms with van der Waals surface area (Å²) in [5.74, 6) is -1.67. The zero-order valence-electron chi connectivity index (χ0n) is 13.7. The molecule has 0 radical (unpaired) electrons. The van der Waals surface area contributed by atoms with Crippen molar-refractivity contribution in [3.05, 3.63) is 64.7 Å². The molecule has 1 aromatic carbocycles. The first-order valence-electron chi connectivity index (χ1n) is 7.50. The predicted octanol–water partition coefficient (Wildman–Crippen LogP) is 4.55. The highest BCUT2D eigenvalue weighted by Gasteiger charge is 2.35. The second kappa shape index (κ2) is 6.99. The van der Waals surface area contributed by atoms with Crippen molar-refractivity contribution < 1.29 is 22.4 Å². The molecule has 0 atom stereocenters. The molecular weight excluding hydrogens is 388 g/mol.